The summed E-state index contributed by atoms with van der Waals surface area (Å²) in [7, 11) is 0. The van der Waals surface area contributed by atoms with Gasteiger partial charge in [-0.1, -0.05) is 0 Å². The van der Waals surface area contributed by atoms with E-state index in [0.29, 0.717) is 36.3 Å². The number of aromatic amines is 1. The molecule has 0 spiro atoms. The van der Waals surface area contributed by atoms with Crippen molar-refractivity contribution in [1.29, 1.82) is 0 Å². The molecule has 0 radical (unpaired) electrons. The number of H-pyrrole nitrogens is 1. The fourth-order valence-electron chi connectivity index (χ4n) is 4.94. The van der Waals surface area contributed by atoms with E-state index in [2.05, 4.69) is 10.3 Å². The van der Waals surface area contributed by atoms with Crippen molar-refractivity contribution < 1.29 is 23.5 Å². The second-order valence-corrected chi connectivity index (χ2v) is 10.8. The van der Waals surface area contributed by atoms with Crippen molar-refractivity contribution >= 4 is 35.1 Å². The maximum Gasteiger partial charge on any atom is 0.306 e. The Labute approximate surface area is 211 Å². The van der Waals surface area contributed by atoms with Gasteiger partial charge in [0.25, 0.3) is 5.91 Å². The number of aromatic nitrogens is 1. The molecular weight excluding hydrogens is 461 g/mol. The minimum atomic E-state index is -0.490. The second kappa shape index (κ2) is 9.91. The zero-order valence-electron chi connectivity index (χ0n) is 21.6. The Morgan fingerprint density at radius 3 is 2.56 bits per heavy atom. The van der Waals surface area contributed by atoms with Gasteiger partial charge >= 0.3 is 5.97 Å². The summed E-state index contributed by atoms with van der Waals surface area (Å²) in [5.41, 5.74) is 4.40. The van der Waals surface area contributed by atoms with E-state index in [1.54, 1.807) is 12.1 Å². The number of aryl methyl sites for hydroxylation is 1. The SMILES string of the molecule is Cc1[nH]c(/C=C2\C(=O)Nc3ccc(F)cc32)c(C)c1CC(=O)N1CCC(CC(=O)OC(C)(C)C)CC1. The molecule has 1 aromatic heterocycles. The second-order valence-electron chi connectivity index (χ2n) is 10.8. The number of nitrogens with zero attached hydrogens (tertiary/aromatic N) is 1. The van der Waals surface area contributed by atoms with Crippen LogP contribution in [0.4, 0.5) is 10.1 Å². The van der Waals surface area contributed by atoms with Crippen LogP contribution < -0.4 is 5.32 Å². The zero-order chi connectivity index (χ0) is 26.2. The highest BCUT2D eigenvalue weighted by atomic mass is 19.1. The number of benzene rings is 1. The Morgan fingerprint density at radius 2 is 1.89 bits per heavy atom. The van der Waals surface area contributed by atoms with Crippen molar-refractivity contribution in [2.75, 3.05) is 18.4 Å². The molecule has 8 heteroatoms. The van der Waals surface area contributed by atoms with Crippen molar-refractivity contribution in [3.05, 3.63) is 52.1 Å². The van der Waals surface area contributed by atoms with Crippen molar-refractivity contribution in [3.63, 3.8) is 0 Å². The molecule has 7 nitrogen and oxygen atoms in total. The molecule has 1 saturated heterocycles. The number of carbonyl (C=O) groups is 3. The van der Waals surface area contributed by atoms with Crippen molar-refractivity contribution in [1.82, 2.24) is 9.88 Å². The van der Waals surface area contributed by atoms with Gasteiger partial charge in [-0.2, -0.15) is 0 Å². The standard InChI is InChI=1S/C28H34FN3O4/c1-16-20(15-25(33)32-10-8-18(9-11-32)12-26(34)36-28(3,4)5)17(2)30-24(16)14-22-21-13-19(29)6-7-23(21)31-27(22)35/h6-7,13-14,18,30H,8-12,15H2,1-5H3,(H,31,35)/b22-14-. The number of amides is 2. The first kappa shape index (κ1) is 25.7. The Morgan fingerprint density at radius 1 is 1.19 bits per heavy atom. The van der Waals surface area contributed by atoms with Crippen LogP contribution in [0.3, 0.4) is 0 Å². The first-order chi connectivity index (χ1) is 16.9. The van der Waals surface area contributed by atoms with Crippen molar-refractivity contribution in [2.45, 2.75) is 65.9 Å². The van der Waals surface area contributed by atoms with E-state index < -0.39 is 11.4 Å². The quantitative estimate of drug-likeness (QED) is 0.462. The van der Waals surface area contributed by atoms with E-state index in [9.17, 15) is 18.8 Å². The zero-order valence-corrected chi connectivity index (χ0v) is 21.6. The van der Waals surface area contributed by atoms with E-state index in [1.807, 2.05) is 39.5 Å². The van der Waals surface area contributed by atoms with Gasteiger partial charge in [0.2, 0.25) is 5.91 Å². The predicted octanol–water partition coefficient (Wildman–Crippen LogP) is 4.78. The number of esters is 1. The molecule has 0 atom stereocenters. The topological polar surface area (TPSA) is 91.5 Å². The Balaban J connectivity index is 1.41. The Bertz CT molecular complexity index is 1230. The largest absolute Gasteiger partial charge is 0.460 e. The monoisotopic (exact) mass is 495 g/mol. The van der Waals surface area contributed by atoms with Gasteiger partial charge in [0, 0.05) is 42.1 Å². The average Bonchev–Trinajstić information content (AvgIpc) is 3.23. The molecule has 0 aliphatic carbocycles. The molecule has 2 aliphatic heterocycles. The smallest absolute Gasteiger partial charge is 0.306 e. The van der Waals surface area contributed by atoms with Crippen LogP contribution in [-0.2, 0) is 25.5 Å². The third-order valence-corrected chi connectivity index (χ3v) is 6.86. The lowest BCUT2D eigenvalue weighted by Gasteiger charge is -2.32. The summed E-state index contributed by atoms with van der Waals surface area (Å²) in [6.07, 6.45) is 3.91. The molecular formula is C28H34FN3O4. The molecule has 1 fully saturated rings. The van der Waals surface area contributed by atoms with Gasteiger partial charge in [0.15, 0.2) is 0 Å². The molecule has 4 rings (SSSR count). The van der Waals surface area contributed by atoms with Crippen molar-refractivity contribution in [3.8, 4) is 0 Å². The fraction of sp³-hybridized carbons (Fsp3) is 0.464. The molecule has 192 valence electrons. The summed E-state index contributed by atoms with van der Waals surface area (Å²) in [6.45, 7) is 10.7. The highest BCUT2D eigenvalue weighted by Crippen LogP contribution is 2.34. The van der Waals surface area contributed by atoms with E-state index in [4.69, 9.17) is 4.74 Å². The van der Waals surface area contributed by atoms with E-state index in [-0.39, 0.29) is 30.1 Å². The number of carbonyl (C=O) groups excluding carboxylic acids is 3. The number of ether oxygens (including phenoxy) is 1. The van der Waals surface area contributed by atoms with Gasteiger partial charge < -0.3 is 19.9 Å². The first-order valence-electron chi connectivity index (χ1n) is 12.4. The highest BCUT2D eigenvalue weighted by Gasteiger charge is 2.28. The van der Waals surface area contributed by atoms with Gasteiger partial charge in [-0.25, -0.2) is 4.39 Å². The van der Waals surface area contributed by atoms with Crippen LogP contribution in [0.15, 0.2) is 18.2 Å². The number of likely N-dealkylation sites (tertiary alicyclic amines) is 1. The lowest BCUT2D eigenvalue weighted by molar-refractivity contribution is -0.156. The molecule has 0 unspecified atom stereocenters. The van der Waals surface area contributed by atoms with Gasteiger partial charge in [0.1, 0.15) is 11.4 Å². The predicted molar refractivity (Wildman–Crippen MR) is 137 cm³/mol. The van der Waals surface area contributed by atoms with E-state index in [1.165, 1.54) is 12.1 Å². The molecule has 2 aromatic rings. The molecule has 2 amide bonds. The lowest BCUT2D eigenvalue weighted by Crippen LogP contribution is -2.40. The number of halogens is 1. The number of piperidine rings is 1. The number of hydrogen-bond acceptors (Lipinski definition) is 4. The molecule has 36 heavy (non-hydrogen) atoms. The van der Waals surface area contributed by atoms with Crippen molar-refractivity contribution in [2.24, 2.45) is 5.92 Å². The molecule has 1 aromatic carbocycles. The Kier molecular flexibility index (Phi) is 7.07. The summed E-state index contributed by atoms with van der Waals surface area (Å²) >= 11 is 0. The average molecular weight is 496 g/mol. The maximum atomic E-state index is 13.8. The van der Waals surface area contributed by atoms with Gasteiger partial charge in [0.05, 0.1) is 12.0 Å². The number of nitrogens with one attached hydrogen (secondary N) is 2. The number of fused-ring (bicyclic) bond motifs is 1. The van der Waals surface area contributed by atoms with Crippen LogP contribution in [-0.4, -0.2) is 46.4 Å². The molecule has 2 aliphatic rings. The van der Waals surface area contributed by atoms with Crippen LogP contribution in [0.1, 0.15) is 68.1 Å². The minimum Gasteiger partial charge on any atom is -0.460 e. The van der Waals surface area contributed by atoms with Gasteiger partial charge in [-0.05, 0) is 88.8 Å². The lowest BCUT2D eigenvalue weighted by atomic mass is 9.93. The van der Waals surface area contributed by atoms with Gasteiger partial charge in [-0.3, -0.25) is 14.4 Å². The third kappa shape index (κ3) is 5.69. The van der Waals surface area contributed by atoms with Crippen LogP contribution in [0.5, 0.6) is 0 Å². The number of rotatable bonds is 5. The first-order valence-corrected chi connectivity index (χ1v) is 12.4. The van der Waals surface area contributed by atoms with Crippen LogP contribution >= 0.6 is 0 Å². The number of anilines is 1. The van der Waals surface area contributed by atoms with E-state index in [0.717, 1.165) is 35.4 Å². The number of hydrogen-bond donors (Lipinski definition) is 2. The minimum absolute atomic E-state index is 0.0427. The fourth-order valence-corrected chi connectivity index (χ4v) is 4.94. The molecule has 0 saturated carbocycles. The van der Waals surface area contributed by atoms with E-state index >= 15 is 0 Å². The molecule has 3 heterocycles. The molecule has 0 bridgehead atoms. The van der Waals surface area contributed by atoms with Crippen LogP contribution in [0, 0.1) is 25.6 Å². The van der Waals surface area contributed by atoms with Crippen LogP contribution in [0.2, 0.25) is 0 Å². The van der Waals surface area contributed by atoms with Crippen LogP contribution in [0.25, 0.3) is 11.6 Å². The summed E-state index contributed by atoms with van der Waals surface area (Å²) in [4.78, 5) is 42.9. The highest BCUT2D eigenvalue weighted by molar-refractivity contribution is 6.34. The molecule has 2 N–H and O–H groups in total. The summed E-state index contributed by atoms with van der Waals surface area (Å²) < 4.78 is 19.2. The van der Waals surface area contributed by atoms with Gasteiger partial charge in [-0.15, -0.1) is 0 Å². The summed E-state index contributed by atoms with van der Waals surface area (Å²) in [5.74, 6) is -0.607. The normalized spacial score (nSPS) is 17.3. The maximum absolute atomic E-state index is 13.8. The summed E-state index contributed by atoms with van der Waals surface area (Å²) in [5, 5.41) is 2.76. The Hall–Kier alpha value is -3.42. The third-order valence-electron chi connectivity index (χ3n) is 6.86. The summed E-state index contributed by atoms with van der Waals surface area (Å²) in [6, 6.07) is 4.22.